The second-order valence-electron chi connectivity index (χ2n) is 15.7. The third-order valence-corrected chi connectivity index (χ3v) is 10.1. The number of hydrogen-bond acceptors (Lipinski definition) is 5. The molecule has 0 N–H and O–H groups in total. The maximum absolute atomic E-state index is 12.5. The molecule has 0 fully saturated rings. The molecule has 0 radical (unpaired) electrons. The first kappa shape index (κ1) is 53.6. The van der Waals surface area contributed by atoms with E-state index in [1.807, 2.05) is 12.2 Å². The SMILES string of the molecule is CC/C=C\C/C=C\C/C=C\C/C=C\C/C=C\CC(=O)OCC(COCCCCCCCCCCCCCCCCCCCCCC)OC(=O)CCCCCCC. The summed E-state index contributed by atoms with van der Waals surface area (Å²) in [7, 11) is 0. The number of rotatable bonds is 43. The number of esters is 2. The zero-order valence-electron chi connectivity index (χ0n) is 37.1. The third kappa shape index (κ3) is 44.3. The number of carbonyl (C=O) groups excluding carboxylic acids is 2. The number of hydrogen-bond donors (Lipinski definition) is 0. The van der Waals surface area contributed by atoms with Crippen molar-refractivity contribution >= 4 is 11.9 Å². The van der Waals surface area contributed by atoms with Crippen molar-refractivity contribution in [3.63, 3.8) is 0 Å². The van der Waals surface area contributed by atoms with Gasteiger partial charge in [-0.2, -0.15) is 0 Å². The van der Waals surface area contributed by atoms with Crippen LogP contribution in [0, 0.1) is 0 Å². The zero-order valence-corrected chi connectivity index (χ0v) is 37.1. The minimum Gasteiger partial charge on any atom is -0.461 e. The molecule has 0 aliphatic heterocycles. The topological polar surface area (TPSA) is 61.8 Å². The number of unbranched alkanes of at least 4 members (excludes halogenated alkanes) is 23. The van der Waals surface area contributed by atoms with Crippen molar-refractivity contribution in [3.05, 3.63) is 60.8 Å². The molecule has 0 rings (SSSR count). The van der Waals surface area contributed by atoms with Crippen molar-refractivity contribution in [1.29, 1.82) is 0 Å². The third-order valence-electron chi connectivity index (χ3n) is 10.1. The smallest absolute Gasteiger partial charge is 0.309 e. The maximum Gasteiger partial charge on any atom is 0.309 e. The van der Waals surface area contributed by atoms with E-state index < -0.39 is 6.10 Å². The molecule has 5 heteroatoms. The van der Waals surface area contributed by atoms with Gasteiger partial charge in [-0.1, -0.05) is 229 Å². The minimum absolute atomic E-state index is 0.0321. The van der Waals surface area contributed by atoms with E-state index in [1.54, 1.807) is 0 Å². The average Bonchev–Trinajstić information content (AvgIpc) is 3.20. The molecule has 0 spiro atoms. The fourth-order valence-corrected chi connectivity index (χ4v) is 6.58. The summed E-state index contributed by atoms with van der Waals surface area (Å²) in [5.74, 6) is -0.552. The molecule has 324 valence electrons. The van der Waals surface area contributed by atoms with Crippen LogP contribution in [-0.4, -0.2) is 37.9 Å². The number of allylic oxidation sites excluding steroid dienone is 9. The van der Waals surface area contributed by atoms with E-state index in [1.165, 1.54) is 128 Å². The predicted molar refractivity (Wildman–Crippen MR) is 242 cm³/mol. The normalized spacial score (nSPS) is 12.7. The highest BCUT2D eigenvalue weighted by molar-refractivity contribution is 5.71. The standard InChI is InChI=1S/C51H90O5/c1-4-7-10-13-15-17-19-21-23-24-25-26-27-29-31-33-35-37-40-43-46-54-47-49(56-51(53)45-42-38-12-9-6-3)48-55-50(52)44-41-39-36-34-32-30-28-22-20-18-16-14-11-8-5-2/h8,11,16,18,22,28,32,34,39,41,49H,4-7,9-10,12-15,17,19-21,23-27,29-31,33,35-38,40,42-48H2,1-3H3/b11-8-,18-16-,28-22-,34-32-,41-39-. The van der Waals surface area contributed by atoms with Crippen LogP contribution in [-0.2, 0) is 23.8 Å². The Morgan fingerprint density at radius 2 is 0.786 bits per heavy atom. The molecule has 1 atom stereocenters. The fourth-order valence-electron chi connectivity index (χ4n) is 6.58. The highest BCUT2D eigenvalue weighted by Crippen LogP contribution is 2.15. The number of carbonyl (C=O) groups is 2. The Kier molecular flexibility index (Phi) is 45.0. The molecule has 0 aliphatic carbocycles. The summed E-state index contributed by atoms with van der Waals surface area (Å²) in [6, 6.07) is 0. The molecule has 0 aromatic heterocycles. The predicted octanol–water partition coefficient (Wildman–Crippen LogP) is 15.8. The second-order valence-corrected chi connectivity index (χ2v) is 15.7. The quantitative estimate of drug-likeness (QED) is 0.0350. The molecule has 1 unspecified atom stereocenters. The van der Waals surface area contributed by atoms with Crippen LogP contribution in [0.4, 0.5) is 0 Å². The van der Waals surface area contributed by atoms with Crippen molar-refractivity contribution in [3.8, 4) is 0 Å². The van der Waals surface area contributed by atoms with Gasteiger partial charge in [0.1, 0.15) is 6.61 Å². The van der Waals surface area contributed by atoms with Crippen LogP contribution in [0.15, 0.2) is 60.8 Å². The van der Waals surface area contributed by atoms with E-state index in [9.17, 15) is 9.59 Å². The largest absolute Gasteiger partial charge is 0.461 e. The molecule has 0 saturated carbocycles. The minimum atomic E-state index is -0.569. The van der Waals surface area contributed by atoms with Gasteiger partial charge in [0, 0.05) is 13.0 Å². The fraction of sp³-hybridized carbons (Fsp3) is 0.765. The first-order chi connectivity index (χ1) is 27.6. The average molecular weight is 783 g/mol. The van der Waals surface area contributed by atoms with Crippen LogP contribution in [0.3, 0.4) is 0 Å². The van der Waals surface area contributed by atoms with Gasteiger partial charge in [-0.05, 0) is 44.9 Å². The van der Waals surface area contributed by atoms with Crippen LogP contribution in [0.2, 0.25) is 0 Å². The van der Waals surface area contributed by atoms with E-state index in [-0.39, 0.29) is 31.6 Å². The lowest BCUT2D eigenvalue weighted by Crippen LogP contribution is -2.30. The van der Waals surface area contributed by atoms with E-state index in [4.69, 9.17) is 14.2 Å². The Balaban J connectivity index is 4.09. The highest BCUT2D eigenvalue weighted by atomic mass is 16.6. The Hall–Kier alpha value is -2.40. The van der Waals surface area contributed by atoms with E-state index >= 15 is 0 Å². The van der Waals surface area contributed by atoms with Crippen molar-refractivity contribution in [2.45, 2.75) is 232 Å². The van der Waals surface area contributed by atoms with Crippen molar-refractivity contribution in [1.82, 2.24) is 0 Å². The van der Waals surface area contributed by atoms with Gasteiger partial charge < -0.3 is 14.2 Å². The van der Waals surface area contributed by atoms with Gasteiger partial charge in [0.15, 0.2) is 6.10 Å². The lowest BCUT2D eigenvalue weighted by Gasteiger charge is -2.18. The molecule has 0 saturated heterocycles. The van der Waals surface area contributed by atoms with Gasteiger partial charge in [-0.15, -0.1) is 0 Å². The summed E-state index contributed by atoms with van der Waals surface area (Å²) >= 11 is 0. The molecule has 0 amide bonds. The lowest BCUT2D eigenvalue weighted by molar-refractivity contribution is -0.162. The molecule has 0 aliphatic rings. The monoisotopic (exact) mass is 783 g/mol. The van der Waals surface area contributed by atoms with Crippen LogP contribution in [0.25, 0.3) is 0 Å². The summed E-state index contributed by atoms with van der Waals surface area (Å²) < 4.78 is 17.1. The van der Waals surface area contributed by atoms with Crippen LogP contribution in [0.5, 0.6) is 0 Å². The first-order valence-electron chi connectivity index (χ1n) is 23.8. The summed E-state index contributed by atoms with van der Waals surface area (Å²) in [6.45, 7) is 7.55. The van der Waals surface area contributed by atoms with E-state index in [0.29, 0.717) is 13.0 Å². The van der Waals surface area contributed by atoms with Gasteiger partial charge >= 0.3 is 11.9 Å². The highest BCUT2D eigenvalue weighted by Gasteiger charge is 2.17. The molecule has 56 heavy (non-hydrogen) atoms. The Bertz CT molecular complexity index is 977. The first-order valence-corrected chi connectivity index (χ1v) is 23.8. The van der Waals surface area contributed by atoms with Gasteiger partial charge in [0.2, 0.25) is 0 Å². The molecule has 0 aromatic carbocycles. The Morgan fingerprint density at radius 1 is 0.411 bits per heavy atom. The Labute approximate surface area is 347 Å². The molecule has 0 heterocycles. The summed E-state index contributed by atoms with van der Waals surface area (Å²) in [6.07, 6.45) is 58.6. The molecule has 0 bridgehead atoms. The number of ether oxygens (including phenoxy) is 3. The van der Waals surface area contributed by atoms with Crippen molar-refractivity contribution in [2.75, 3.05) is 19.8 Å². The van der Waals surface area contributed by atoms with Crippen LogP contribution in [0.1, 0.15) is 226 Å². The van der Waals surface area contributed by atoms with Gasteiger partial charge in [0.25, 0.3) is 0 Å². The summed E-state index contributed by atoms with van der Waals surface area (Å²) in [4.78, 5) is 25.0. The van der Waals surface area contributed by atoms with Crippen molar-refractivity contribution < 1.29 is 23.8 Å². The second kappa shape index (κ2) is 47.0. The van der Waals surface area contributed by atoms with Gasteiger partial charge in [0.05, 0.1) is 13.0 Å². The lowest BCUT2D eigenvalue weighted by atomic mass is 10.0. The van der Waals surface area contributed by atoms with Gasteiger partial charge in [-0.25, -0.2) is 0 Å². The molecular formula is C51H90O5. The summed E-state index contributed by atoms with van der Waals surface area (Å²) in [5, 5.41) is 0. The summed E-state index contributed by atoms with van der Waals surface area (Å²) in [5.41, 5.74) is 0. The molecule has 0 aromatic rings. The molecular weight excluding hydrogens is 693 g/mol. The van der Waals surface area contributed by atoms with E-state index in [0.717, 1.165) is 64.2 Å². The van der Waals surface area contributed by atoms with Crippen LogP contribution < -0.4 is 0 Å². The van der Waals surface area contributed by atoms with Crippen LogP contribution >= 0.6 is 0 Å². The van der Waals surface area contributed by atoms with E-state index in [2.05, 4.69) is 69.4 Å². The van der Waals surface area contributed by atoms with Gasteiger partial charge in [-0.3, -0.25) is 9.59 Å². The van der Waals surface area contributed by atoms with Crippen molar-refractivity contribution in [2.24, 2.45) is 0 Å². The zero-order chi connectivity index (χ0) is 40.7. The molecule has 5 nitrogen and oxygen atoms in total. The Morgan fingerprint density at radius 3 is 1.21 bits per heavy atom. The maximum atomic E-state index is 12.5.